The van der Waals surface area contributed by atoms with Crippen molar-refractivity contribution in [1.29, 1.82) is 0 Å². The van der Waals surface area contributed by atoms with Crippen LogP contribution in [0.15, 0.2) is 18.2 Å². The lowest BCUT2D eigenvalue weighted by molar-refractivity contribution is 0.196. The number of anilines is 1. The van der Waals surface area contributed by atoms with Crippen molar-refractivity contribution in [1.82, 2.24) is 5.32 Å². The molecular weight excluding hydrogens is 287 g/mol. The van der Waals surface area contributed by atoms with Crippen molar-refractivity contribution in [3.63, 3.8) is 0 Å². The van der Waals surface area contributed by atoms with E-state index in [2.05, 4.69) is 17.1 Å². The third-order valence-corrected chi connectivity index (χ3v) is 5.45. The standard InChI is InChI=1S/C17H24ClFN2/c1-2-14-11-20-17(8-4-3-5-9-17)12-21(14)16-10-13(19)6-7-15(16)18/h6-7,10,14,20H,2-5,8-9,11-12H2,1H3. The number of nitrogens with one attached hydrogen (secondary N) is 1. The van der Waals surface area contributed by atoms with Crippen molar-refractivity contribution in [2.24, 2.45) is 0 Å². The number of halogens is 2. The molecule has 1 aliphatic heterocycles. The van der Waals surface area contributed by atoms with E-state index in [1.807, 2.05) is 0 Å². The minimum atomic E-state index is -0.208. The van der Waals surface area contributed by atoms with Gasteiger partial charge in [0, 0.05) is 24.7 Å². The molecule has 21 heavy (non-hydrogen) atoms. The maximum atomic E-state index is 13.7. The van der Waals surface area contributed by atoms with E-state index in [-0.39, 0.29) is 11.4 Å². The van der Waals surface area contributed by atoms with Gasteiger partial charge >= 0.3 is 0 Å². The molecule has 1 N–H and O–H groups in total. The van der Waals surface area contributed by atoms with Crippen LogP contribution in [0.4, 0.5) is 10.1 Å². The van der Waals surface area contributed by atoms with Crippen LogP contribution in [-0.2, 0) is 0 Å². The number of nitrogens with zero attached hydrogens (tertiary/aromatic N) is 1. The molecular formula is C17H24ClFN2. The number of hydrogen-bond donors (Lipinski definition) is 1. The van der Waals surface area contributed by atoms with Crippen molar-refractivity contribution in [2.45, 2.75) is 57.0 Å². The SMILES string of the molecule is CCC1CNC2(CCCCC2)CN1c1cc(F)ccc1Cl. The molecule has 1 aromatic carbocycles. The highest BCUT2D eigenvalue weighted by atomic mass is 35.5. The molecule has 2 fully saturated rings. The van der Waals surface area contributed by atoms with E-state index in [9.17, 15) is 4.39 Å². The molecule has 1 heterocycles. The predicted molar refractivity (Wildman–Crippen MR) is 86.7 cm³/mol. The van der Waals surface area contributed by atoms with Crippen LogP contribution >= 0.6 is 11.6 Å². The van der Waals surface area contributed by atoms with Crippen molar-refractivity contribution in [3.05, 3.63) is 29.0 Å². The molecule has 1 aliphatic carbocycles. The molecule has 0 bridgehead atoms. The fourth-order valence-electron chi connectivity index (χ4n) is 3.87. The summed E-state index contributed by atoms with van der Waals surface area (Å²) < 4.78 is 13.7. The van der Waals surface area contributed by atoms with Gasteiger partial charge in [0.25, 0.3) is 0 Å². The van der Waals surface area contributed by atoms with E-state index in [0.717, 1.165) is 25.2 Å². The van der Waals surface area contributed by atoms with Crippen molar-refractivity contribution in [3.8, 4) is 0 Å². The number of rotatable bonds is 2. The number of hydrogen-bond acceptors (Lipinski definition) is 2. The second-order valence-corrected chi connectivity index (χ2v) is 6.91. The Morgan fingerprint density at radius 3 is 2.81 bits per heavy atom. The molecule has 4 heteroatoms. The third kappa shape index (κ3) is 3.04. The van der Waals surface area contributed by atoms with Crippen LogP contribution in [0.5, 0.6) is 0 Å². The molecule has 0 radical (unpaired) electrons. The van der Waals surface area contributed by atoms with Gasteiger partial charge in [0.2, 0.25) is 0 Å². The Morgan fingerprint density at radius 2 is 2.10 bits per heavy atom. The molecule has 1 spiro atoms. The van der Waals surface area contributed by atoms with Crippen molar-refractivity contribution in [2.75, 3.05) is 18.0 Å². The Hall–Kier alpha value is -0.800. The van der Waals surface area contributed by atoms with Crippen LogP contribution in [0.25, 0.3) is 0 Å². The Morgan fingerprint density at radius 1 is 1.33 bits per heavy atom. The smallest absolute Gasteiger partial charge is 0.125 e. The van der Waals surface area contributed by atoms with Crippen LogP contribution in [0, 0.1) is 5.82 Å². The largest absolute Gasteiger partial charge is 0.364 e. The molecule has 1 unspecified atom stereocenters. The molecule has 3 rings (SSSR count). The summed E-state index contributed by atoms with van der Waals surface area (Å²) in [6.45, 7) is 4.09. The molecule has 2 nitrogen and oxygen atoms in total. The predicted octanol–water partition coefficient (Wildman–Crippen LogP) is 4.37. The van der Waals surface area contributed by atoms with Crippen molar-refractivity contribution >= 4 is 17.3 Å². The summed E-state index contributed by atoms with van der Waals surface area (Å²) in [6.07, 6.45) is 7.38. The Balaban J connectivity index is 1.90. The summed E-state index contributed by atoms with van der Waals surface area (Å²) in [5.74, 6) is -0.208. The summed E-state index contributed by atoms with van der Waals surface area (Å²) in [6, 6.07) is 5.09. The summed E-state index contributed by atoms with van der Waals surface area (Å²) >= 11 is 6.35. The maximum absolute atomic E-state index is 13.7. The van der Waals surface area contributed by atoms with Crippen LogP contribution < -0.4 is 10.2 Å². The minimum Gasteiger partial charge on any atom is -0.364 e. The monoisotopic (exact) mass is 310 g/mol. The van der Waals surface area contributed by atoms with E-state index in [4.69, 9.17) is 11.6 Å². The second kappa shape index (κ2) is 6.13. The Labute approximate surface area is 131 Å². The average Bonchev–Trinajstić information content (AvgIpc) is 2.50. The quantitative estimate of drug-likeness (QED) is 0.872. The van der Waals surface area contributed by atoms with Gasteiger partial charge < -0.3 is 10.2 Å². The summed E-state index contributed by atoms with van der Waals surface area (Å²) in [7, 11) is 0. The number of piperazine rings is 1. The van der Waals surface area contributed by atoms with E-state index in [0.29, 0.717) is 11.1 Å². The molecule has 1 saturated carbocycles. The van der Waals surface area contributed by atoms with Crippen LogP contribution in [0.3, 0.4) is 0 Å². The second-order valence-electron chi connectivity index (χ2n) is 6.51. The normalized spacial score (nSPS) is 25.3. The lowest BCUT2D eigenvalue weighted by Crippen LogP contribution is -2.65. The first-order valence-corrected chi connectivity index (χ1v) is 8.48. The van der Waals surface area contributed by atoms with E-state index >= 15 is 0 Å². The maximum Gasteiger partial charge on any atom is 0.125 e. The van der Waals surface area contributed by atoms with Gasteiger partial charge in [0.1, 0.15) is 5.82 Å². The first kappa shape index (κ1) is 15.1. The van der Waals surface area contributed by atoms with E-state index in [1.54, 1.807) is 12.1 Å². The molecule has 1 saturated heterocycles. The zero-order valence-electron chi connectivity index (χ0n) is 12.7. The lowest BCUT2D eigenvalue weighted by Gasteiger charge is -2.50. The zero-order valence-corrected chi connectivity index (χ0v) is 13.4. The van der Waals surface area contributed by atoms with Crippen LogP contribution in [-0.4, -0.2) is 24.7 Å². The lowest BCUT2D eigenvalue weighted by atomic mass is 9.79. The van der Waals surface area contributed by atoms with Gasteiger partial charge in [-0.25, -0.2) is 4.39 Å². The van der Waals surface area contributed by atoms with Gasteiger partial charge in [0.05, 0.1) is 10.7 Å². The molecule has 2 aliphatic rings. The van der Waals surface area contributed by atoms with E-state index in [1.165, 1.54) is 38.2 Å². The fraction of sp³-hybridized carbons (Fsp3) is 0.647. The van der Waals surface area contributed by atoms with Gasteiger partial charge in [-0.3, -0.25) is 0 Å². The van der Waals surface area contributed by atoms with Gasteiger partial charge in [-0.15, -0.1) is 0 Å². The van der Waals surface area contributed by atoms with Crippen LogP contribution in [0.2, 0.25) is 5.02 Å². The number of benzene rings is 1. The molecule has 1 atom stereocenters. The minimum absolute atomic E-state index is 0.194. The van der Waals surface area contributed by atoms with Gasteiger partial charge in [0.15, 0.2) is 0 Å². The zero-order chi connectivity index (χ0) is 14.9. The average molecular weight is 311 g/mol. The third-order valence-electron chi connectivity index (χ3n) is 5.13. The van der Waals surface area contributed by atoms with Crippen molar-refractivity contribution < 1.29 is 4.39 Å². The molecule has 0 aromatic heterocycles. The highest BCUT2D eigenvalue weighted by Crippen LogP contribution is 2.37. The molecule has 0 amide bonds. The summed E-state index contributed by atoms with van der Waals surface area (Å²) in [4.78, 5) is 2.34. The van der Waals surface area contributed by atoms with E-state index < -0.39 is 0 Å². The first-order chi connectivity index (χ1) is 10.1. The fourth-order valence-corrected chi connectivity index (χ4v) is 4.10. The first-order valence-electron chi connectivity index (χ1n) is 8.10. The highest BCUT2D eigenvalue weighted by Gasteiger charge is 2.39. The summed E-state index contributed by atoms with van der Waals surface area (Å²) in [5, 5.41) is 4.45. The Bertz CT molecular complexity index is 500. The Kier molecular flexibility index (Phi) is 4.41. The van der Waals surface area contributed by atoms with Gasteiger partial charge in [-0.2, -0.15) is 0 Å². The van der Waals surface area contributed by atoms with Gasteiger partial charge in [-0.1, -0.05) is 37.8 Å². The van der Waals surface area contributed by atoms with Crippen LogP contribution in [0.1, 0.15) is 45.4 Å². The topological polar surface area (TPSA) is 15.3 Å². The van der Waals surface area contributed by atoms with Gasteiger partial charge in [-0.05, 0) is 37.5 Å². The molecule has 116 valence electrons. The highest BCUT2D eigenvalue weighted by molar-refractivity contribution is 6.33. The summed E-state index contributed by atoms with van der Waals surface area (Å²) in [5.41, 5.74) is 1.05. The molecule has 1 aromatic rings.